The predicted molar refractivity (Wildman–Crippen MR) is 154 cm³/mol. The van der Waals surface area contributed by atoms with Crippen LogP contribution in [0, 0.1) is 5.92 Å². The Morgan fingerprint density at radius 3 is 2.72 bits per heavy atom. The van der Waals surface area contributed by atoms with Crippen molar-refractivity contribution in [1.82, 2.24) is 30.9 Å². The number of allylic oxidation sites excluding steroid dienone is 1. The number of likely N-dealkylation sites (N-methyl/N-ethyl adjacent to an activating group) is 1. The van der Waals surface area contributed by atoms with Crippen molar-refractivity contribution in [2.75, 3.05) is 56.5 Å². The third-order valence-corrected chi connectivity index (χ3v) is 9.35. The van der Waals surface area contributed by atoms with Crippen LogP contribution in [0.4, 0.5) is 11.4 Å². The Morgan fingerprint density at radius 1 is 1.03 bits per heavy atom. The fourth-order valence-corrected chi connectivity index (χ4v) is 6.98. The first-order valence-electron chi connectivity index (χ1n) is 14.9. The zero-order chi connectivity index (χ0) is 27.0. The summed E-state index contributed by atoms with van der Waals surface area (Å²) >= 11 is 0. The molecule has 214 valence electrons. The van der Waals surface area contributed by atoms with Gasteiger partial charge < -0.3 is 20.2 Å². The summed E-state index contributed by atoms with van der Waals surface area (Å²) in [4.78, 5) is 18.4. The Bertz CT molecular complexity index is 1030. The van der Waals surface area contributed by atoms with Gasteiger partial charge in [0.05, 0.1) is 30.4 Å². The normalized spacial score (nSPS) is 37.4. The molecule has 0 saturated carbocycles. The highest BCUT2D eigenvalue weighted by Crippen LogP contribution is 2.34. The van der Waals surface area contributed by atoms with Crippen molar-refractivity contribution in [3.05, 3.63) is 36.4 Å². The van der Waals surface area contributed by atoms with Crippen molar-refractivity contribution in [3.63, 3.8) is 0 Å². The lowest BCUT2D eigenvalue weighted by Crippen LogP contribution is -2.69. The zero-order valence-corrected chi connectivity index (χ0v) is 23.5. The van der Waals surface area contributed by atoms with Crippen molar-refractivity contribution in [2.45, 2.75) is 75.7 Å². The van der Waals surface area contributed by atoms with E-state index in [2.05, 4.69) is 79.5 Å². The van der Waals surface area contributed by atoms with Crippen LogP contribution < -0.4 is 26.2 Å². The molecular formula is C29H46N8O2. The number of hydrazine groups is 1. The number of aliphatic hydroxyl groups is 1. The average Bonchev–Trinajstić information content (AvgIpc) is 3.05. The summed E-state index contributed by atoms with van der Waals surface area (Å²) in [6.07, 6.45) is 9.55. The summed E-state index contributed by atoms with van der Waals surface area (Å²) in [5, 5.41) is 30.0. The largest absolute Gasteiger partial charge is 0.389 e. The molecule has 0 radical (unpaired) electrons. The van der Waals surface area contributed by atoms with Crippen LogP contribution in [0.5, 0.6) is 0 Å². The average molecular weight is 539 g/mol. The van der Waals surface area contributed by atoms with E-state index in [-0.39, 0.29) is 36.5 Å². The molecule has 0 spiro atoms. The first kappa shape index (κ1) is 27.0. The maximum atomic E-state index is 13.6. The van der Waals surface area contributed by atoms with E-state index in [0.717, 1.165) is 64.0 Å². The molecule has 0 aromatic heterocycles. The molecule has 1 aromatic rings. The third-order valence-electron chi connectivity index (χ3n) is 9.35. The summed E-state index contributed by atoms with van der Waals surface area (Å²) in [5.41, 5.74) is 1.54. The van der Waals surface area contributed by atoms with E-state index in [0.29, 0.717) is 13.1 Å². The lowest BCUT2D eigenvalue weighted by molar-refractivity contribution is -0.146. The van der Waals surface area contributed by atoms with Crippen LogP contribution in [0.3, 0.4) is 0 Å². The minimum atomic E-state index is -0.775. The van der Waals surface area contributed by atoms with Gasteiger partial charge in [0, 0.05) is 43.6 Å². The van der Waals surface area contributed by atoms with E-state index in [1.54, 1.807) is 0 Å². The summed E-state index contributed by atoms with van der Waals surface area (Å²) in [6.45, 7) is 7.51. The molecule has 4 fully saturated rings. The van der Waals surface area contributed by atoms with Crippen molar-refractivity contribution >= 4 is 17.3 Å². The van der Waals surface area contributed by atoms with Gasteiger partial charge in [0.15, 0.2) is 0 Å². The molecular weight excluding hydrogens is 492 g/mol. The van der Waals surface area contributed by atoms with Gasteiger partial charge in [0.2, 0.25) is 5.91 Å². The molecule has 4 saturated heterocycles. The molecule has 0 aliphatic carbocycles. The van der Waals surface area contributed by atoms with Gasteiger partial charge in [-0.15, -0.1) is 0 Å². The molecule has 1 aromatic carbocycles. The van der Waals surface area contributed by atoms with Gasteiger partial charge in [-0.05, 0) is 83.3 Å². The number of anilines is 2. The molecule has 5 aliphatic rings. The predicted octanol–water partition coefficient (Wildman–Crippen LogP) is 1.29. The number of benzene rings is 1. The summed E-state index contributed by atoms with van der Waals surface area (Å²) in [5.74, 6) is -0.00361. The van der Waals surface area contributed by atoms with Gasteiger partial charge in [-0.3, -0.25) is 25.8 Å². The fraction of sp³-hybridized carbons (Fsp3) is 0.690. The smallest absolute Gasteiger partial charge is 0.244 e. The molecule has 5 heterocycles. The monoisotopic (exact) mass is 538 g/mol. The number of carbonyl (C=O) groups is 1. The minimum absolute atomic E-state index is 0.00104. The highest BCUT2D eigenvalue weighted by molar-refractivity contribution is 5.82. The van der Waals surface area contributed by atoms with Crippen molar-refractivity contribution < 1.29 is 9.90 Å². The molecule has 5 unspecified atom stereocenters. The number of amides is 1. The maximum absolute atomic E-state index is 13.6. The first-order valence-corrected chi connectivity index (χ1v) is 14.9. The molecule has 5 N–H and O–H groups in total. The topological polar surface area (TPSA) is 98.4 Å². The number of hydrogen-bond acceptors (Lipinski definition) is 9. The van der Waals surface area contributed by atoms with E-state index in [1.807, 2.05) is 11.9 Å². The van der Waals surface area contributed by atoms with Gasteiger partial charge >= 0.3 is 0 Å². The highest BCUT2D eigenvalue weighted by Gasteiger charge is 2.52. The van der Waals surface area contributed by atoms with E-state index in [4.69, 9.17) is 0 Å². The molecule has 6 atom stereocenters. The summed E-state index contributed by atoms with van der Waals surface area (Å²) < 4.78 is 0. The fourth-order valence-electron chi connectivity index (χ4n) is 6.98. The van der Waals surface area contributed by atoms with Crippen molar-refractivity contribution in [1.29, 1.82) is 0 Å². The standard InChI is InChI=1S/C29H46N8O2/c1-29(39)14-4-3-5-17-36-27(38)23-20-30-28(33-26(23)37(36)25-9-6-8-24(29)32-25)31-21-10-12-22(13-11-21)35-16-7-15-34(2)18-19-35/h3,5,10-13,23-26,28,30-33,39H,4,6-9,14-20H2,1-2H3/b5-3-/t23?,24?,25?,26?,28?,29-/m0/s1. The number of nitrogens with one attached hydrogen (secondary N) is 4. The lowest BCUT2D eigenvalue weighted by atomic mass is 9.85. The summed E-state index contributed by atoms with van der Waals surface area (Å²) in [7, 11) is 2.20. The second-order valence-corrected chi connectivity index (χ2v) is 12.2. The lowest BCUT2D eigenvalue weighted by Gasteiger charge is -2.47. The van der Waals surface area contributed by atoms with E-state index >= 15 is 0 Å². The number of hydrogen-bond donors (Lipinski definition) is 5. The van der Waals surface area contributed by atoms with Gasteiger partial charge in [0.25, 0.3) is 0 Å². The highest BCUT2D eigenvalue weighted by atomic mass is 16.3. The van der Waals surface area contributed by atoms with Crippen LogP contribution in [-0.2, 0) is 4.79 Å². The number of nitrogens with zero attached hydrogens (tertiary/aromatic N) is 4. The molecule has 5 aliphatic heterocycles. The molecule has 1 amide bonds. The van der Waals surface area contributed by atoms with E-state index in [9.17, 15) is 9.90 Å². The number of fused-ring (bicyclic) bond motifs is 6. The Balaban J connectivity index is 1.16. The maximum Gasteiger partial charge on any atom is 0.244 e. The Morgan fingerprint density at radius 2 is 1.87 bits per heavy atom. The van der Waals surface area contributed by atoms with Crippen LogP contribution in [0.1, 0.15) is 45.4 Å². The minimum Gasteiger partial charge on any atom is -0.389 e. The Hall–Kier alpha value is -2.21. The molecule has 6 rings (SSSR count). The van der Waals surface area contributed by atoms with Gasteiger partial charge in [-0.1, -0.05) is 12.2 Å². The number of piperidine rings is 1. The quantitative estimate of drug-likeness (QED) is 0.365. The van der Waals surface area contributed by atoms with Crippen molar-refractivity contribution in [2.24, 2.45) is 5.92 Å². The molecule has 2 bridgehead atoms. The Kier molecular flexibility index (Phi) is 7.85. The van der Waals surface area contributed by atoms with Crippen LogP contribution in [-0.4, -0.2) is 103 Å². The first-order chi connectivity index (χ1) is 18.9. The van der Waals surface area contributed by atoms with E-state index in [1.165, 1.54) is 12.1 Å². The number of carbonyl (C=O) groups excluding carboxylic acids is 1. The second kappa shape index (κ2) is 11.3. The number of rotatable bonds is 3. The zero-order valence-electron chi connectivity index (χ0n) is 23.5. The summed E-state index contributed by atoms with van der Waals surface area (Å²) in [6, 6.07) is 8.73. The van der Waals surface area contributed by atoms with Crippen LogP contribution >= 0.6 is 0 Å². The van der Waals surface area contributed by atoms with Gasteiger partial charge in [0.1, 0.15) is 6.29 Å². The van der Waals surface area contributed by atoms with Crippen molar-refractivity contribution in [3.8, 4) is 0 Å². The third kappa shape index (κ3) is 5.68. The van der Waals surface area contributed by atoms with Crippen LogP contribution in [0.15, 0.2) is 36.4 Å². The van der Waals surface area contributed by atoms with Gasteiger partial charge in [-0.2, -0.15) is 5.01 Å². The van der Waals surface area contributed by atoms with Crippen LogP contribution in [0.2, 0.25) is 0 Å². The SMILES string of the molecule is CN1CCCN(c2ccc(NC3NCC4C(=O)N5C/C=C\CC[C@](C)(O)C6CCCC(N6)N5C4N3)cc2)CC1. The molecule has 39 heavy (non-hydrogen) atoms. The van der Waals surface area contributed by atoms with Crippen LogP contribution in [0.25, 0.3) is 0 Å². The molecule has 10 nitrogen and oxygen atoms in total. The van der Waals surface area contributed by atoms with E-state index < -0.39 is 5.60 Å². The molecule has 10 heteroatoms. The van der Waals surface area contributed by atoms with Gasteiger partial charge in [-0.25, -0.2) is 0 Å². The Labute approximate surface area is 232 Å². The second-order valence-electron chi connectivity index (χ2n) is 12.2.